The molecule has 0 radical (unpaired) electrons. The molecule has 80 valence electrons. The number of nitrogens with one attached hydrogen (secondary N) is 1. The second-order valence-corrected chi connectivity index (χ2v) is 3.50. The summed E-state index contributed by atoms with van der Waals surface area (Å²) in [7, 11) is 0. The highest BCUT2D eigenvalue weighted by Crippen LogP contribution is 2.03. The minimum Gasteiger partial charge on any atom is -0.340 e. The lowest BCUT2D eigenvalue weighted by molar-refractivity contribution is 0.385. The summed E-state index contributed by atoms with van der Waals surface area (Å²) >= 11 is 5.10. The molecule has 2 aromatic rings. The molecule has 0 aliphatic heterocycles. The highest BCUT2D eigenvalue weighted by atomic mass is 32.1. The number of hydrogen-bond donors (Lipinski definition) is 1. The zero-order chi connectivity index (χ0) is 10.8. The molecule has 15 heavy (non-hydrogen) atoms. The monoisotopic (exact) mass is 225 g/mol. The first-order valence-corrected chi connectivity index (χ1v) is 5.04. The van der Waals surface area contributed by atoms with Crippen LogP contribution in [0.5, 0.6) is 0 Å². The summed E-state index contributed by atoms with van der Waals surface area (Å²) in [5.41, 5.74) is 0. The molecule has 0 unspecified atom stereocenters. The third-order valence-corrected chi connectivity index (χ3v) is 2.33. The maximum absolute atomic E-state index is 5.10. The van der Waals surface area contributed by atoms with Gasteiger partial charge in [-0.2, -0.15) is 10.1 Å². The van der Waals surface area contributed by atoms with E-state index in [1.807, 2.05) is 11.5 Å². The average molecular weight is 225 g/mol. The molecule has 0 bridgehead atoms. The molecule has 0 aliphatic carbocycles. The third-order valence-electron chi connectivity index (χ3n) is 2.02. The van der Waals surface area contributed by atoms with Crippen molar-refractivity contribution < 1.29 is 4.52 Å². The minimum atomic E-state index is 0.496. The van der Waals surface area contributed by atoms with Crippen molar-refractivity contribution in [3.8, 4) is 0 Å². The molecule has 2 rings (SSSR count). The van der Waals surface area contributed by atoms with Crippen molar-refractivity contribution in [3.63, 3.8) is 0 Å². The van der Waals surface area contributed by atoms with Gasteiger partial charge in [-0.1, -0.05) is 12.1 Å². The molecule has 6 nitrogen and oxygen atoms in total. The Morgan fingerprint density at radius 1 is 1.53 bits per heavy atom. The predicted molar refractivity (Wildman–Crippen MR) is 54.9 cm³/mol. The predicted octanol–water partition coefficient (Wildman–Crippen LogP) is 1.24. The smallest absolute Gasteiger partial charge is 0.223 e. The lowest BCUT2D eigenvalue weighted by Gasteiger charge is -2.00. The van der Waals surface area contributed by atoms with Gasteiger partial charge in [0.05, 0.1) is 6.54 Å². The Labute approximate surface area is 91.3 Å². The molecule has 0 aliphatic rings. The molecule has 0 aromatic carbocycles. The van der Waals surface area contributed by atoms with Crippen molar-refractivity contribution in [2.75, 3.05) is 0 Å². The molecule has 0 saturated carbocycles. The van der Waals surface area contributed by atoms with Gasteiger partial charge in [-0.15, -0.1) is 0 Å². The highest BCUT2D eigenvalue weighted by Gasteiger charge is 2.08. The summed E-state index contributed by atoms with van der Waals surface area (Å²) in [6.45, 7) is 4.27. The number of nitrogens with zero attached hydrogens (tertiary/aromatic N) is 4. The average Bonchev–Trinajstić information content (AvgIpc) is 2.76. The van der Waals surface area contributed by atoms with Gasteiger partial charge < -0.3 is 4.52 Å². The second-order valence-electron chi connectivity index (χ2n) is 3.11. The van der Waals surface area contributed by atoms with Crippen LogP contribution in [0, 0.1) is 11.7 Å². The summed E-state index contributed by atoms with van der Waals surface area (Å²) in [5, 5.41) is 10.7. The Kier molecular flexibility index (Phi) is 2.63. The Bertz CT molecular complexity index is 511. The molecule has 0 atom stereocenters. The molecule has 1 N–H and O–H groups in total. The van der Waals surface area contributed by atoms with E-state index in [4.69, 9.17) is 16.7 Å². The van der Waals surface area contributed by atoms with Gasteiger partial charge in [-0.25, -0.2) is 0 Å². The topological polar surface area (TPSA) is 72.5 Å². The molecule has 0 saturated heterocycles. The Hall–Kier alpha value is -1.50. The van der Waals surface area contributed by atoms with E-state index < -0.39 is 0 Å². The fraction of sp³-hybridized carbons (Fsp3) is 0.500. The van der Waals surface area contributed by atoms with Crippen LogP contribution < -0.4 is 0 Å². The van der Waals surface area contributed by atoms with Gasteiger partial charge in [0.25, 0.3) is 0 Å². The van der Waals surface area contributed by atoms with Gasteiger partial charge in [-0.05, 0) is 12.2 Å². The zero-order valence-corrected chi connectivity index (χ0v) is 9.34. The number of H-pyrrole nitrogens is 1. The first-order chi connectivity index (χ1) is 7.20. The first-order valence-electron chi connectivity index (χ1n) is 4.64. The van der Waals surface area contributed by atoms with Gasteiger partial charge in [-0.3, -0.25) is 9.67 Å². The number of aromatic nitrogens is 5. The quantitative estimate of drug-likeness (QED) is 0.796. The van der Waals surface area contributed by atoms with Crippen LogP contribution >= 0.6 is 12.2 Å². The van der Waals surface area contributed by atoms with Crippen molar-refractivity contribution >= 4 is 12.2 Å². The highest BCUT2D eigenvalue weighted by molar-refractivity contribution is 7.71. The summed E-state index contributed by atoms with van der Waals surface area (Å²) in [5.74, 6) is 2.06. The van der Waals surface area contributed by atoms with Gasteiger partial charge >= 0.3 is 0 Å². The van der Waals surface area contributed by atoms with E-state index >= 15 is 0 Å². The third kappa shape index (κ3) is 1.96. The number of aryl methyl sites for hydroxylation is 2. The molecule has 0 spiro atoms. The molecule has 2 aromatic heterocycles. The summed E-state index contributed by atoms with van der Waals surface area (Å²) in [6, 6.07) is 0. The van der Waals surface area contributed by atoms with Crippen molar-refractivity contribution in [1.29, 1.82) is 0 Å². The normalized spacial score (nSPS) is 10.8. The SMILES string of the molecule is CCc1n[nH]c(=S)n1Cc1noc(C)n1. The Morgan fingerprint density at radius 3 is 2.93 bits per heavy atom. The van der Waals surface area contributed by atoms with Crippen LogP contribution in [0.3, 0.4) is 0 Å². The largest absolute Gasteiger partial charge is 0.340 e. The Balaban J connectivity index is 2.31. The maximum Gasteiger partial charge on any atom is 0.223 e. The molecule has 7 heteroatoms. The molecule has 2 heterocycles. The summed E-state index contributed by atoms with van der Waals surface area (Å²) < 4.78 is 7.33. The summed E-state index contributed by atoms with van der Waals surface area (Å²) in [4.78, 5) is 4.12. The van der Waals surface area contributed by atoms with Crippen LogP contribution in [-0.2, 0) is 13.0 Å². The molecular formula is C8H11N5OS. The van der Waals surface area contributed by atoms with E-state index in [2.05, 4.69) is 20.3 Å². The van der Waals surface area contributed by atoms with Crippen LogP contribution in [0.2, 0.25) is 0 Å². The van der Waals surface area contributed by atoms with Crippen LogP contribution in [0.1, 0.15) is 24.5 Å². The molecular weight excluding hydrogens is 214 g/mol. The van der Waals surface area contributed by atoms with E-state index in [0.717, 1.165) is 12.2 Å². The number of hydrogen-bond acceptors (Lipinski definition) is 5. The van der Waals surface area contributed by atoms with Crippen LogP contribution in [0.4, 0.5) is 0 Å². The van der Waals surface area contributed by atoms with E-state index in [-0.39, 0.29) is 0 Å². The zero-order valence-electron chi connectivity index (χ0n) is 8.52. The van der Waals surface area contributed by atoms with E-state index in [9.17, 15) is 0 Å². The Morgan fingerprint density at radius 2 is 2.33 bits per heavy atom. The first kappa shape index (κ1) is 10.0. The van der Waals surface area contributed by atoms with Gasteiger partial charge in [0.15, 0.2) is 10.6 Å². The van der Waals surface area contributed by atoms with Crippen molar-refractivity contribution in [1.82, 2.24) is 24.9 Å². The van der Waals surface area contributed by atoms with E-state index in [1.165, 1.54) is 0 Å². The van der Waals surface area contributed by atoms with Crippen molar-refractivity contribution in [3.05, 3.63) is 22.3 Å². The van der Waals surface area contributed by atoms with Crippen LogP contribution in [0.15, 0.2) is 4.52 Å². The van der Waals surface area contributed by atoms with E-state index in [1.54, 1.807) is 6.92 Å². The number of aromatic amines is 1. The summed E-state index contributed by atoms with van der Waals surface area (Å²) in [6.07, 6.45) is 0.809. The number of rotatable bonds is 3. The van der Waals surface area contributed by atoms with Gasteiger partial charge in [0.1, 0.15) is 5.82 Å². The van der Waals surface area contributed by atoms with Gasteiger partial charge in [0.2, 0.25) is 5.89 Å². The molecule has 0 amide bonds. The lowest BCUT2D eigenvalue weighted by atomic mass is 10.4. The fourth-order valence-corrected chi connectivity index (χ4v) is 1.55. The van der Waals surface area contributed by atoms with Gasteiger partial charge in [0, 0.05) is 13.3 Å². The molecule has 0 fully saturated rings. The van der Waals surface area contributed by atoms with E-state index in [0.29, 0.717) is 23.0 Å². The van der Waals surface area contributed by atoms with Crippen LogP contribution in [0.25, 0.3) is 0 Å². The maximum atomic E-state index is 5.10. The van der Waals surface area contributed by atoms with Crippen molar-refractivity contribution in [2.45, 2.75) is 26.8 Å². The fourth-order valence-electron chi connectivity index (χ4n) is 1.33. The second kappa shape index (κ2) is 3.93. The minimum absolute atomic E-state index is 0.496. The van der Waals surface area contributed by atoms with Crippen LogP contribution in [-0.4, -0.2) is 24.9 Å². The lowest BCUT2D eigenvalue weighted by Crippen LogP contribution is -2.05. The van der Waals surface area contributed by atoms with Crippen molar-refractivity contribution in [2.24, 2.45) is 0 Å². The standard InChI is InChI=1S/C8H11N5OS/c1-3-7-10-11-8(15)13(7)4-6-9-5(2)14-12-6/h3-4H2,1-2H3,(H,11,15).